The first-order chi connectivity index (χ1) is 26.0. The minimum atomic E-state index is -1.20. The van der Waals surface area contributed by atoms with Crippen molar-refractivity contribution in [1.82, 2.24) is 10.2 Å². The first kappa shape index (κ1) is 37.7. The quantitative estimate of drug-likeness (QED) is 0.126. The number of carboxylic acids is 1. The van der Waals surface area contributed by atoms with Gasteiger partial charge in [-0.15, -0.1) is 0 Å². The number of aliphatic carboxylic acids is 1. The maximum absolute atomic E-state index is 13.8. The van der Waals surface area contributed by atoms with Crippen molar-refractivity contribution in [3.05, 3.63) is 155 Å². The minimum Gasteiger partial charge on any atom is -0.493 e. The molecule has 0 radical (unpaired) electrons. The van der Waals surface area contributed by atoms with Gasteiger partial charge in [0.2, 0.25) is 5.91 Å². The average Bonchev–Trinajstić information content (AvgIpc) is 3.17. The number of nitrogens with zero attached hydrogens (tertiary/aromatic N) is 1. The highest BCUT2D eigenvalue weighted by atomic mass is 16.6. The molecule has 1 aliphatic heterocycles. The number of carbonyl (C=O) groups excluding carboxylic acids is 2. The van der Waals surface area contributed by atoms with E-state index in [0.29, 0.717) is 25.4 Å². The Morgan fingerprint density at radius 3 is 2.04 bits per heavy atom. The van der Waals surface area contributed by atoms with E-state index < -0.39 is 35.7 Å². The number of ether oxygens (including phenoxy) is 3. The molecular formula is C45H46N2O7. The smallest absolute Gasteiger partial charge is 0.411 e. The molecule has 0 fully saturated rings. The summed E-state index contributed by atoms with van der Waals surface area (Å²) in [5, 5.41) is 12.8. The number of hydrogen-bond acceptors (Lipinski definition) is 6. The molecule has 0 spiro atoms. The molecule has 2 N–H and O–H groups in total. The van der Waals surface area contributed by atoms with Crippen LogP contribution in [0.5, 0.6) is 11.5 Å². The number of fused-ring (bicyclic) bond motifs is 1. The lowest BCUT2D eigenvalue weighted by Gasteiger charge is -2.37. The van der Waals surface area contributed by atoms with Crippen molar-refractivity contribution in [2.45, 2.75) is 70.9 Å². The summed E-state index contributed by atoms with van der Waals surface area (Å²) >= 11 is 0. The Labute approximate surface area is 316 Å². The van der Waals surface area contributed by atoms with Gasteiger partial charge in [-0.1, -0.05) is 103 Å². The van der Waals surface area contributed by atoms with Crippen LogP contribution in [0.2, 0.25) is 0 Å². The van der Waals surface area contributed by atoms with Crippen LogP contribution in [0.25, 0.3) is 11.1 Å². The first-order valence-corrected chi connectivity index (χ1v) is 18.2. The first-order valence-electron chi connectivity index (χ1n) is 18.2. The number of rotatable bonds is 13. The Hall–Kier alpha value is -6.09. The Morgan fingerprint density at radius 2 is 1.37 bits per heavy atom. The van der Waals surface area contributed by atoms with Crippen LogP contribution in [-0.2, 0) is 46.7 Å². The van der Waals surface area contributed by atoms with Crippen LogP contribution < -0.4 is 14.8 Å². The van der Waals surface area contributed by atoms with Crippen LogP contribution >= 0.6 is 0 Å². The molecule has 1 heterocycles. The second-order valence-corrected chi connectivity index (χ2v) is 14.4. The van der Waals surface area contributed by atoms with Crippen molar-refractivity contribution >= 4 is 18.0 Å². The Morgan fingerprint density at radius 1 is 0.741 bits per heavy atom. The highest BCUT2D eigenvalue weighted by Crippen LogP contribution is 2.29. The molecule has 1 aliphatic rings. The Bertz CT molecular complexity index is 2030. The van der Waals surface area contributed by atoms with Crippen LogP contribution in [0.4, 0.5) is 4.79 Å². The normalized spacial score (nSPS) is 14.4. The molecule has 2 atom stereocenters. The molecule has 6 rings (SSSR count). The molecule has 54 heavy (non-hydrogen) atoms. The van der Waals surface area contributed by atoms with E-state index in [2.05, 4.69) is 5.32 Å². The molecule has 5 aromatic carbocycles. The molecule has 0 bridgehead atoms. The van der Waals surface area contributed by atoms with E-state index >= 15 is 0 Å². The Balaban J connectivity index is 1.09. The molecule has 0 aliphatic carbocycles. The van der Waals surface area contributed by atoms with Gasteiger partial charge in [-0.25, -0.2) is 9.59 Å². The zero-order valence-electron chi connectivity index (χ0n) is 30.9. The number of carbonyl (C=O) groups is 3. The van der Waals surface area contributed by atoms with Crippen LogP contribution in [0, 0.1) is 0 Å². The topological polar surface area (TPSA) is 114 Å². The van der Waals surface area contributed by atoms with Gasteiger partial charge in [0.05, 0.1) is 13.2 Å². The monoisotopic (exact) mass is 726 g/mol. The number of nitrogens with one attached hydrogen (secondary N) is 1. The van der Waals surface area contributed by atoms with Gasteiger partial charge in [0.1, 0.15) is 35.8 Å². The lowest BCUT2D eigenvalue weighted by molar-refractivity contribution is -0.142. The van der Waals surface area contributed by atoms with Gasteiger partial charge in [-0.2, -0.15) is 0 Å². The third-order valence-corrected chi connectivity index (χ3v) is 9.19. The molecule has 5 aromatic rings. The van der Waals surface area contributed by atoms with Gasteiger partial charge in [-0.05, 0) is 84.0 Å². The van der Waals surface area contributed by atoms with E-state index in [1.54, 1.807) is 20.8 Å². The van der Waals surface area contributed by atoms with E-state index in [0.717, 1.165) is 44.7 Å². The summed E-state index contributed by atoms with van der Waals surface area (Å²) in [6.07, 6.45) is 0.305. The van der Waals surface area contributed by atoms with Gasteiger partial charge in [0, 0.05) is 19.3 Å². The summed E-state index contributed by atoms with van der Waals surface area (Å²) in [7, 11) is 0. The third kappa shape index (κ3) is 10.3. The second kappa shape index (κ2) is 17.2. The number of amides is 2. The summed E-state index contributed by atoms with van der Waals surface area (Å²) in [6.45, 7) is 6.33. The third-order valence-electron chi connectivity index (χ3n) is 9.19. The second-order valence-electron chi connectivity index (χ2n) is 14.4. The molecule has 0 saturated carbocycles. The molecule has 278 valence electrons. The molecule has 9 nitrogen and oxygen atoms in total. The van der Waals surface area contributed by atoms with E-state index in [1.807, 2.05) is 127 Å². The lowest BCUT2D eigenvalue weighted by atomic mass is 9.93. The molecule has 2 amide bonds. The summed E-state index contributed by atoms with van der Waals surface area (Å²) in [4.78, 5) is 41.1. The van der Waals surface area contributed by atoms with E-state index in [1.165, 1.54) is 4.90 Å². The number of benzene rings is 5. The minimum absolute atomic E-state index is 0.0821. The number of carboxylic acid groups (broad SMARTS) is 1. The lowest BCUT2D eigenvalue weighted by Crippen LogP contribution is -2.56. The number of hydrogen-bond donors (Lipinski definition) is 2. The van der Waals surface area contributed by atoms with Crippen LogP contribution in [0.15, 0.2) is 127 Å². The molecule has 0 unspecified atom stereocenters. The average molecular weight is 727 g/mol. The zero-order chi connectivity index (χ0) is 38.1. The van der Waals surface area contributed by atoms with E-state index in [4.69, 9.17) is 14.2 Å². The predicted octanol–water partition coefficient (Wildman–Crippen LogP) is 8.03. The highest BCUT2D eigenvalue weighted by molar-refractivity contribution is 5.90. The summed E-state index contributed by atoms with van der Waals surface area (Å²) in [6, 6.07) is 39.0. The van der Waals surface area contributed by atoms with Crippen molar-refractivity contribution in [2.24, 2.45) is 0 Å². The molecule has 0 aromatic heterocycles. The molecule has 9 heteroatoms. The largest absolute Gasteiger partial charge is 0.493 e. The predicted molar refractivity (Wildman–Crippen MR) is 207 cm³/mol. The van der Waals surface area contributed by atoms with Gasteiger partial charge >= 0.3 is 12.1 Å². The van der Waals surface area contributed by atoms with Gasteiger partial charge in [0.15, 0.2) is 0 Å². The van der Waals surface area contributed by atoms with Crippen molar-refractivity contribution < 1.29 is 33.7 Å². The highest BCUT2D eigenvalue weighted by Gasteiger charge is 2.38. The van der Waals surface area contributed by atoms with Gasteiger partial charge < -0.3 is 24.6 Å². The maximum atomic E-state index is 13.8. The van der Waals surface area contributed by atoms with Crippen molar-refractivity contribution in [1.29, 1.82) is 0 Å². The van der Waals surface area contributed by atoms with Gasteiger partial charge in [0.25, 0.3) is 0 Å². The Kier molecular flexibility index (Phi) is 12.0. The summed E-state index contributed by atoms with van der Waals surface area (Å²) in [5.41, 5.74) is 5.94. The van der Waals surface area contributed by atoms with Crippen LogP contribution in [0.3, 0.4) is 0 Å². The fraction of sp³-hybridized carbons (Fsp3) is 0.267. The van der Waals surface area contributed by atoms with Crippen LogP contribution in [0.1, 0.15) is 48.6 Å². The van der Waals surface area contributed by atoms with Crippen LogP contribution in [-0.4, -0.2) is 52.3 Å². The summed E-state index contributed by atoms with van der Waals surface area (Å²) < 4.78 is 17.7. The van der Waals surface area contributed by atoms with E-state index in [-0.39, 0.29) is 19.4 Å². The van der Waals surface area contributed by atoms with Crippen molar-refractivity contribution in [3.63, 3.8) is 0 Å². The van der Waals surface area contributed by atoms with E-state index in [9.17, 15) is 19.5 Å². The molecule has 0 saturated heterocycles. The maximum Gasteiger partial charge on any atom is 0.411 e. The van der Waals surface area contributed by atoms with Crippen molar-refractivity contribution in [2.75, 3.05) is 6.61 Å². The van der Waals surface area contributed by atoms with Crippen molar-refractivity contribution in [3.8, 4) is 22.6 Å². The molecular weight excluding hydrogens is 681 g/mol. The van der Waals surface area contributed by atoms with Gasteiger partial charge in [-0.3, -0.25) is 9.69 Å². The fourth-order valence-electron chi connectivity index (χ4n) is 6.34. The fourth-order valence-corrected chi connectivity index (χ4v) is 6.34. The SMILES string of the molecule is CC(C)(C)OC(=O)N1Cc2cc(OCCc3ccc(OCc4ccccc4)cc3)ccc2C[C@H]1C(=O)N[C@@H](Cc1ccc(-c2ccccc2)cc1)C(=O)O. The summed E-state index contributed by atoms with van der Waals surface area (Å²) in [5.74, 6) is -0.277. The standard InChI is InChI=1S/C45H46N2O7/c1-45(2,3)54-44(51)47-29-37-27-39(52-25-24-31-16-21-38(22-17-31)53-30-33-10-6-4-7-11-33)23-20-36(37)28-41(47)42(48)46-40(43(49)50)26-32-14-18-35(19-15-32)34-12-8-5-9-13-34/h4-23,27,40-41H,24-26,28-30H2,1-3H3,(H,46,48)(H,49,50)/t40-,41-/m0/s1. The zero-order valence-corrected chi connectivity index (χ0v) is 30.9.